The average molecular weight is 278 g/mol. The molecule has 1 aliphatic rings. The zero-order valence-electron chi connectivity index (χ0n) is 17.9. The first-order chi connectivity index (χ1) is 11.9. The molecule has 0 spiro atoms. The van der Waals surface area contributed by atoms with Gasteiger partial charge in [-0.1, -0.05) is 0 Å². The Kier molecular flexibility index (Phi) is 1.94. The fourth-order valence-corrected chi connectivity index (χ4v) is 2.76. The minimum atomic E-state index is -2.72. The molecule has 0 bridgehead atoms. The first-order valence-electron chi connectivity index (χ1n) is 9.95. The van der Waals surface area contributed by atoms with E-state index in [1.165, 1.54) is 0 Å². The minimum Gasteiger partial charge on any atom is -0.493 e. The van der Waals surface area contributed by atoms with E-state index < -0.39 is 19.5 Å². The van der Waals surface area contributed by atoms with Crippen LogP contribution in [0.5, 0.6) is 5.75 Å². The second kappa shape index (κ2) is 4.81. The van der Waals surface area contributed by atoms with Crippen LogP contribution >= 0.6 is 0 Å². The molecule has 0 amide bonds. The van der Waals surface area contributed by atoms with E-state index in [1.54, 1.807) is 13.8 Å². The number of fused-ring (bicyclic) bond motifs is 3. The quantitative estimate of drug-likeness (QED) is 0.857. The Labute approximate surface area is 129 Å². The zero-order chi connectivity index (χ0) is 19.3. The lowest BCUT2D eigenvalue weighted by molar-refractivity contribution is 0.171. The Hall–Kier alpha value is -1.48. The van der Waals surface area contributed by atoms with Gasteiger partial charge in [0.2, 0.25) is 0 Å². The fourth-order valence-electron chi connectivity index (χ4n) is 2.76. The lowest BCUT2D eigenvalue weighted by Crippen LogP contribution is -2.41. The summed E-state index contributed by atoms with van der Waals surface area (Å²) in [4.78, 5) is 0.653. The van der Waals surface area contributed by atoms with Crippen LogP contribution in [0.25, 0.3) is 10.9 Å². The molecule has 0 atom stereocenters. The Morgan fingerprint density at radius 1 is 1.35 bits per heavy atom. The van der Waals surface area contributed by atoms with Crippen molar-refractivity contribution in [2.24, 2.45) is 0 Å². The molecule has 1 aromatic carbocycles. The van der Waals surface area contributed by atoms with Crippen LogP contribution in [0.4, 0.5) is 0 Å². The van der Waals surface area contributed by atoms with Gasteiger partial charge in [-0.15, -0.1) is 0 Å². The number of likely N-dealkylation sites (N-methyl/N-ethyl adjacent to an activating group) is 1. The van der Waals surface area contributed by atoms with Gasteiger partial charge in [0.25, 0.3) is 0 Å². The van der Waals surface area contributed by atoms with Crippen molar-refractivity contribution in [1.29, 1.82) is 0 Å². The van der Waals surface area contributed by atoms with Crippen LogP contribution in [-0.2, 0) is 13.0 Å². The maximum Gasteiger partial charge on any atom is 0.123 e. The third-order valence-electron chi connectivity index (χ3n) is 4.01. The Morgan fingerprint density at radius 2 is 2.20 bits per heavy atom. The first kappa shape index (κ1) is 8.08. The van der Waals surface area contributed by atoms with Gasteiger partial charge in [0.1, 0.15) is 5.75 Å². The molecule has 0 radical (unpaired) electrons. The summed E-state index contributed by atoms with van der Waals surface area (Å²) in [6.45, 7) is -1.17. The van der Waals surface area contributed by atoms with Crippen LogP contribution < -0.4 is 4.74 Å². The van der Waals surface area contributed by atoms with Crippen LogP contribution in [0.1, 0.15) is 34.1 Å². The third kappa shape index (κ3) is 2.20. The van der Waals surface area contributed by atoms with Crippen molar-refractivity contribution < 1.29 is 13.0 Å². The minimum absolute atomic E-state index is 0.243. The molecule has 0 fully saturated rings. The van der Waals surface area contributed by atoms with Gasteiger partial charge in [-0.25, -0.2) is 0 Å². The summed E-state index contributed by atoms with van der Waals surface area (Å²) >= 11 is 0. The Balaban J connectivity index is 1.99. The lowest BCUT2D eigenvalue weighted by atomic mass is 10.0. The van der Waals surface area contributed by atoms with Crippen molar-refractivity contribution in [2.45, 2.75) is 38.8 Å². The normalized spacial score (nSPS) is 21.1. The summed E-state index contributed by atoms with van der Waals surface area (Å²) in [7, 11) is 0. The molecule has 20 heavy (non-hydrogen) atoms. The second-order valence-electron chi connectivity index (χ2n) is 6.02. The van der Waals surface area contributed by atoms with Gasteiger partial charge in [0, 0.05) is 43.0 Å². The highest BCUT2D eigenvalue weighted by molar-refractivity contribution is 5.86. The highest BCUT2D eigenvalue weighted by atomic mass is 16.5. The van der Waals surface area contributed by atoms with Crippen LogP contribution in [0.2, 0.25) is 0 Å². The molecule has 3 rings (SSSR count). The van der Waals surface area contributed by atoms with Gasteiger partial charge in [0.15, 0.2) is 0 Å². The van der Waals surface area contributed by atoms with Gasteiger partial charge in [-0.05, 0) is 58.8 Å². The number of nitrogens with zero attached hydrogens (tertiary/aromatic N) is 2. The summed E-state index contributed by atoms with van der Waals surface area (Å²) in [6, 6.07) is 5.88. The maximum atomic E-state index is 7.69. The molecule has 0 unspecified atom stereocenters. The monoisotopic (exact) mass is 278 g/mol. The van der Waals surface area contributed by atoms with Crippen LogP contribution in [0.15, 0.2) is 24.4 Å². The van der Waals surface area contributed by atoms with Gasteiger partial charge < -0.3 is 14.2 Å². The predicted molar refractivity (Wildman–Crippen MR) is 83.5 cm³/mol. The zero-order valence-corrected chi connectivity index (χ0v) is 11.9. The third-order valence-corrected chi connectivity index (χ3v) is 4.01. The molecule has 0 aliphatic carbocycles. The number of rotatable bonds is 3. The number of benzene rings is 1. The fraction of sp³-hybridized carbons (Fsp3) is 0.529. The van der Waals surface area contributed by atoms with E-state index in [0.717, 1.165) is 41.7 Å². The van der Waals surface area contributed by atoms with E-state index in [0.29, 0.717) is 4.90 Å². The number of aromatic nitrogens is 1. The number of ether oxygens (including phenoxy) is 1. The SMILES string of the molecule is [2H]C([2H])([2H])N(C([2H])([2H])[2H])C(C)(C)Cn1ccc2c3c(ccc21)OCCC3. The first-order valence-corrected chi connectivity index (χ1v) is 6.95. The molecule has 0 saturated heterocycles. The van der Waals surface area contributed by atoms with E-state index in [-0.39, 0.29) is 6.54 Å². The molecular weight excluding hydrogens is 248 g/mol. The van der Waals surface area contributed by atoms with Crippen LogP contribution in [0, 0.1) is 0 Å². The van der Waals surface area contributed by atoms with E-state index >= 15 is 0 Å². The molecule has 108 valence electrons. The summed E-state index contributed by atoms with van der Waals surface area (Å²) in [5.41, 5.74) is 1.02. The highest BCUT2D eigenvalue weighted by Crippen LogP contribution is 2.33. The van der Waals surface area contributed by atoms with Crippen LogP contribution in [0.3, 0.4) is 0 Å². The van der Waals surface area contributed by atoms with Crippen molar-refractivity contribution in [1.82, 2.24) is 9.47 Å². The van der Waals surface area contributed by atoms with Crippen molar-refractivity contribution >= 4 is 10.9 Å². The lowest BCUT2D eigenvalue weighted by Gasteiger charge is -2.33. The number of aryl methyl sites for hydroxylation is 1. The van der Waals surface area contributed by atoms with E-state index in [4.69, 9.17) is 13.0 Å². The maximum absolute atomic E-state index is 7.69. The number of hydrogen-bond acceptors (Lipinski definition) is 2. The Morgan fingerprint density at radius 3 is 3.00 bits per heavy atom. The molecule has 1 aromatic heterocycles. The highest BCUT2D eigenvalue weighted by Gasteiger charge is 2.22. The number of hydrogen-bond donors (Lipinski definition) is 0. The van der Waals surface area contributed by atoms with E-state index in [1.807, 2.05) is 29.0 Å². The van der Waals surface area contributed by atoms with Gasteiger partial charge >= 0.3 is 0 Å². The van der Waals surface area contributed by atoms with Crippen molar-refractivity contribution in [3.63, 3.8) is 0 Å². The topological polar surface area (TPSA) is 17.4 Å². The molecule has 0 saturated carbocycles. The molecule has 1 aliphatic heterocycles. The van der Waals surface area contributed by atoms with Crippen LogP contribution in [-0.4, -0.2) is 35.6 Å². The molecule has 3 heteroatoms. The molecule has 3 nitrogen and oxygen atoms in total. The summed E-state index contributed by atoms with van der Waals surface area (Å²) in [5.74, 6) is 0.896. The predicted octanol–water partition coefficient (Wildman–Crippen LogP) is 3.31. The summed E-state index contributed by atoms with van der Waals surface area (Å²) < 4.78 is 53.8. The van der Waals surface area contributed by atoms with Gasteiger partial charge in [0.05, 0.1) is 6.61 Å². The standard InChI is InChI=1S/C17H24N2O/c1-17(2,18(3)4)12-19-10-9-13-14-6-5-11-20-16(14)8-7-15(13)19/h7-10H,5-6,11-12H2,1-4H3/i3D3,4D3. The molecule has 2 heterocycles. The largest absolute Gasteiger partial charge is 0.493 e. The summed E-state index contributed by atoms with van der Waals surface area (Å²) in [6.07, 6.45) is 3.80. The molecule has 0 N–H and O–H groups in total. The van der Waals surface area contributed by atoms with Crippen molar-refractivity contribution in [3.05, 3.63) is 30.0 Å². The molecular formula is C17H24N2O. The van der Waals surface area contributed by atoms with E-state index in [9.17, 15) is 0 Å². The van der Waals surface area contributed by atoms with Gasteiger partial charge in [-0.2, -0.15) is 0 Å². The van der Waals surface area contributed by atoms with Crippen molar-refractivity contribution in [3.8, 4) is 5.75 Å². The average Bonchev–Trinajstić information content (AvgIpc) is 2.86. The van der Waals surface area contributed by atoms with E-state index in [2.05, 4.69) is 0 Å². The summed E-state index contributed by atoms with van der Waals surface area (Å²) in [5, 5.41) is 1.08. The van der Waals surface area contributed by atoms with Crippen molar-refractivity contribution in [2.75, 3.05) is 20.6 Å². The second-order valence-corrected chi connectivity index (χ2v) is 6.02. The molecule has 2 aromatic rings. The Bertz CT molecular complexity index is 792. The smallest absolute Gasteiger partial charge is 0.123 e. The van der Waals surface area contributed by atoms with Gasteiger partial charge in [-0.3, -0.25) is 0 Å².